The van der Waals surface area contributed by atoms with Crippen molar-refractivity contribution in [3.05, 3.63) is 57.4 Å². The third-order valence-corrected chi connectivity index (χ3v) is 3.85. The van der Waals surface area contributed by atoms with Gasteiger partial charge in [0, 0.05) is 33.5 Å². The molecule has 1 heterocycles. The number of hydrogen-bond donors (Lipinski definition) is 3. The quantitative estimate of drug-likeness (QED) is 0.790. The van der Waals surface area contributed by atoms with Crippen LogP contribution in [0.25, 0.3) is 0 Å². The molecule has 0 unspecified atom stereocenters. The summed E-state index contributed by atoms with van der Waals surface area (Å²) in [6.45, 7) is 3.45. The van der Waals surface area contributed by atoms with E-state index in [0.29, 0.717) is 33.1 Å². The van der Waals surface area contributed by atoms with Crippen LogP contribution in [0, 0.1) is 0 Å². The van der Waals surface area contributed by atoms with Gasteiger partial charge >= 0.3 is 0 Å². The number of carbonyl (C=O) groups excluding carboxylic acids is 2. The number of halogens is 1. The SMILES string of the molecule is CC1=C(C(N)=O)C(c2ccccc2Cl)C(C(N)=O)=C(C)N1. The highest BCUT2D eigenvalue weighted by molar-refractivity contribution is 6.31. The number of nitrogens with two attached hydrogens (primary N) is 2. The third-order valence-electron chi connectivity index (χ3n) is 3.51. The van der Waals surface area contributed by atoms with Crippen LogP contribution in [-0.4, -0.2) is 11.8 Å². The van der Waals surface area contributed by atoms with Crippen molar-refractivity contribution in [3.63, 3.8) is 0 Å². The van der Waals surface area contributed by atoms with Gasteiger partial charge in [-0.15, -0.1) is 0 Å². The molecule has 0 bridgehead atoms. The Bertz CT molecular complexity index is 656. The molecule has 1 aliphatic rings. The molecule has 5 nitrogen and oxygen atoms in total. The average molecular weight is 306 g/mol. The highest BCUT2D eigenvalue weighted by Crippen LogP contribution is 2.40. The van der Waals surface area contributed by atoms with Crippen LogP contribution in [0.1, 0.15) is 25.3 Å². The van der Waals surface area contributed by atoms with Gasteiger partial charge in [0.15, 0.2) is 0 Å². The second kappa shape index (κ2) is 5.61. The molecule has 0 aliphatic carbocycles. The molecule has 0 aromatic heterocycles. The minimum absolute atomic E-state index is 0.294. The minimum atomic E-state index is -0.657. The molecular formula is C15H16ClN3O2. The van der Waals surface area contributed by atoms with Crippen LogP contribution in [0.15, 0.2) is 46.8 Å². The van der Waals surface area contributed by atoms with Crippen molar-refractivity contribution < 1.29 is 9.59 Å². The number of benzene rings is 1. The molecule has 1 aromatic rings. The van der Waals surface area contributed by atoms with E-state index < -0.39 is 17.7 Å². The van der Waals surface area contributed by atoms with Crippen LogP contribution in [-0.2, 0) is 9.59 Å². The normalized spacial score (nSPS) is 16.0. The van der Waals surface area contributed by atoms with Crippen molar-refractivity contribution in [2.45, 2.75) is 19.8 Å². The maximum Gasteiger partial charge on any atom is 0.247 e. The summed E-state index contributed by atoms with van der Waals surface area (Å²) in [6, 6.07) is 7.00. The number of rotatable bonds is 3. The Balaban J connectivity index is 2.74. The fraction of sp³-hybridized carbons (Fsp3) is 0.200. The van der Waals surface area contributed by atoms with E-state index in [1.54, 1.807) is 38.1 Å². The van der Waals surface area contributed by atoms with Gasteiger partial charge in [-0.2, -0.15) is 0 Å². The Morgan fingerprint density at radius 2 is 1.52 bits per heavy atom. The predicted octanol–water partition coefficient (Wildman–Crippen LogP) is 1.55. The highest BCUT2D eigenvalue weighted by Gasteiger charge is 2.35. The van der Waals surface area contributed by atoms with Gasteiger partial charge in [0.25, 0.3) is 0 Å². The van der Waals surface area contributed by atoms with Crippen molar-refractivity contribution in [1.82, 2.24) is 5.32 Å². The lowest BCUT2D eigenvalue weighted by Crippen LogP contribution is -2.35. The van der Waals surface area contributed by atoms with Gasteiger partial charge in [-0.1, -0.05) is 29.8 Å². The summed E-state index contributed by atoms with van der Waals surface area (Å²) < 4.78 is 0. The lowest BCUT2D eigenvalue weighted by atomic mass is 9.80. The Hall–Kier alpha value is -2.27. The van der Waals surface area contributed by atoms with Crippen LogP contribution in [0.5, 0.6) is 0 Å². The molecule has 0 atom stereocenters. The number of amides is 2. The number of primary amides is 2. The Morgan fingerprint density at radius 1 is 1.05 bits per heavy atom. The standard InChI is InChI=1S/C15H16ClN3O2/c1-7-11(14(17)20)13(9-5-3-4-6-10(9)16)12(15(18)21)8(2)19-7/h3-6,13,19H,1-2H3,(H2,17,20)(H2,18,21). The molecule has 5 N–H and O–H groups in total. The van der Waals surface area contributed by atoms with Crippen LogP contribution < -0.4 is 16.8 Å². The summed E-state index contributed by atoms with van der Waals surface area (Å²) in [6.07, 6.45) is 0. The number of nitrogens with one attached hydrogen (secondary N) is 1. The summed E-state index contributed by atoms with van der Waals surface area (Å²) in [5.41, 5.74) is 13.4. The average Bonchev–Trinajstić information content (AvgIpc) is 2.37. The second-order valence-electron chi connectivity index (χ2n) is 4.89. The number of dihydropyridines is 1. The van der Waals surface area contributed by atoms with Crippen molar-refractivity contribution in [1.29, 1.82) is 0 Å². The summed E-state index contributed by atoms with van der Waals surface area (Å²) in [5.74, 6) is -1.89. The lowest BCUT2D eigenvalue weighted by Gasteiger charge is -2.30. The van der Waals surface area contributed by atoms with Gasteiger partial charge in [-0.25, -0.2) is 0 Å². The minimum Gasteiger partial charge on any atom is -0.366 e. The Morgan fingerprint density at radius 3 is 1.95 bits per heavy atom. The van der Waals surface area contributed by atoms with Crippen molar-refractivity contribution in [3.8, 4) is 0 Å². The largest absolute Gasteiger partial charge is 0.366 e. The Labute approximate surface area is 127 Å². The van der Waals surface area contributed by atoms with E-state index in [2.05, 4.69) is 5.32 Å². The predicted molar refractivity (Wildman–Crippen MR) is 81.1 cm³/mol. The van der Waals surface area contributed by atoms with Crippen LogP contribution in [0.4, 0.5) is 0 Å². The van der Waals surface area contributed by atoms with Crippen molar-refractivity contribution >= 4 is 23.4 Å². The highest BCUT2D eigenvalue weighted by atomic mass is 35.5. The zero-order chi connectivity index (χ0) is 15.7. The smallest absolute Gasteiger partial charge is 0.247 e. The van der Waals surface area contributed by atoms with Crippen LogP contribution in [0.3, 0.4) is 0 Å². The van der Waals surface area contributed by atoms with Gasteiger partial charge in [0.2, 0.25) is 11.8 Å². The maximum absolute atomic E-state index is 11.8. The van der Waals surface area contributed by atoms with E-state index in [9.17, 15) is 9.59 Å². The number of hydrogen-bond acceptors (Lipinski definition) is 3. The van der Waals surface area contributed by atoms with E-state index >= 15 is 0 Å². The van der Waals surface area contributed by atoms with E-state index in [-0.39, 0.29) is 0 Å². The summed E-state index contributed by atoms with van der Waals surface area (Å²) in [7, 11) is 0. The first kappa shape index (κ1) is 15.1. The summed E-state index contributed by atoms with van der Waals surface area (Å²) in [5, 5.41) is 3.42. The molecule has 1 aliphatic heterocycles. The molecule has 2 rings (SSSR count). The molecule has 6 heteroatoms. The fourth-order valence-electron chi connectivity index (χ4n) is 2.67. The maximum atomic E-state index is 11.8. The molecule has 0 radical (unpaired) electrons. The van der Waals surface area contributed by atoms with E-state index in [1.807, 2.05) is 0 Å². The van der Waals surface area contributed by atoms with E-state index in [0.717, 1.165) is 0 Å². The first-order valence-electron chi connectivity index (χ1n) is 6.37. The first-order valence-corrected chi connectivity index (χ1v) is 6.75. The zero-order valence-corrected chi connectivity index (χ0v) is 12.5. The van der Waals surface area contributed by atoms with Gasteiger partial charge < -0.3 is 16.8 Å². The van der Waals surface area contributed by atoms with Crippen LogP contribution in [0.2, 0.25) is 5.02 Å². The first-order chi connectivity index (χ1) is 9.84. The molecule has 0 spiro atoms. The zero-order valence-electron chi connectivity index (χ0n) is 11.7. The molecule has 2 amide bonds. The monoisotopic (exact) mass is 305 g/mol. The van der Waals surface area contributed by atoms with Gasteiger partial charge in [-0.05, 0) is 25.5 Å². The van der Waals surface area contributed by atoms with Crippen molar-refractivity contribution in [2.75, 3.05) is 0 Å². The summed E-state index contributed by atoms with van der Waals surface area (Å²) in [4.78, 5) is 23.7. The number of allylic oxidation sites excluding steroid dienone is 2. The third kappa shape index (κ3) is 2.64. The Kier molecular flexibility index (Phi) is 4.04. The second-order valence-corrected chi connectivity index (χ2v) is 5.29. The van der Waals surface area contributed by atoms with Gasteiger partial charge in [0.1, 0.15) is 0 Å². The van der Waals surface area contributed by atoms with Crippen molar-refractivity contribution in [2.24, 2.45) is 11.5 Å². The summed E-state index contributed by atoms with van der Waals surface area (Å²) >= 11 is 6.22. The van der Waals surface area contributed by atoms with Gasteiger partial charge in [0.05, 0.1) is 0 Å². The van der Waals surface area contributed by atoms with E-state index in [1.165, 1.54) is 0 Å². The molecule has 0 saturated carbocycles. The topological polar surface area (TPSA) is 98.2 Å². The lowest BCUT2D eigenvalue weighted by molar-refractivity contribution is -0.115. The molecule has 0 saturated heterocycles. The molecule has 0 fully saturated rings. The van der Waals surface area contributed by atoms with Gasteiger partial charge in [-0.3, -0.25) is 9.59 Å². The molecule has 1 aromatic carbocycles. The molecule has 21 heavy (non-hydrogen) atoms. The number of carbonyl (C=O) groups is 2. The van der Waals surface area contributed by atoms with Crippen LogP contribution >= 0.6 is 11.6 Å². The van der Waals surface area contributed by atoms with E-state index in [4.69, 9.17) is 23.1 Å². The fourth-order valence-corrected chi connectivity index (χ4v) is 2.91. The molecular weight excluding hydrogens is 290 g/mol. The molecule has 110 valence electrons.